The van der Waals surface area contributed by atoms with E-state index in [1.807, 2.05) is 6.07 Å². The number of hydrogen-bond acceptors (Lipinski definition) is 4. The Bertz CT molecular complexity index is 843. The van der Waals surface area contributed by atoms with Crippen LogP contribution in [0.25, 0.3) is 0 Å². The average molecular weight is 341 g/mol. The summed E-state index contributed by atoms with van der Waals surface area (Å²) in [5.74, 6) is 0.281. The second kappa shape index (κ2) is 6.08. The Balaban J connectivity index is 1.77. The minimum absolute atomic E-state index is 0.356. The highest BCUT2D eigenvalue weighted by Crippen LogP contribution is 2.32. The number of urea groups is 1. The average Bonchev–Trinajstić information content (AvgIpc) is 3.00. The maximum Gasteiger partial charge on any atom is 0.325 e. The number of imide groups is 1. The maximum atomic E-state index is 12.8. The van der Waals surface area contributed by atoms with Crippen LogP contribution < -0.4 is 10.6 Å². The zero-order valence-electron chi connectivity index (χ0n) is 14.3. The third-order valence-electron chi connectivity index (χ3n) is 4.21. The number of para-hydroxylation sites is 1. The molecule has 1 aromatic carbocycles. The molecular weight excluding hydrogens is 322 g/mol. The van der Waals surface area contributed by atoms with E-state index in [1.165, 1.54) is 0 Å². The van der Waals surface area contributed by atoms with Gasteiger partial charge in [0.15, 0.2) is 0 Å². The van der Waals surface area contributed by atoms with E-state index in [-0.39, 0.29) is 6.54 Å². The molecule has 1 aromatic heterocycles. The van der Waals surface area contributed by atoms with Crippen molar-refractivity contribution in [1.82, 2.24) is 10.2 Å². The van der Waals surface area contributed by atoms with Gasteiger partial charge in [-0.15, -0.1) is 0 Å². The zero-order chi connectivity index (χ0) is 18.2. The Labute approximate surface area is 145 Å². The molecule has 3 rings (SSSR count). The van der Waals surface area contributed by atoms with Gasteiger partial charge in [-0.05, 0) is 39.0 Å². The van der Waals surface area contributed by atoms with Crippen molar-refractivity contribution in [3.8, 4) is 0 Å². The van der Waals surface area contributed by atoms with Crippen LogP contribution in [0, 0.1) is 13.8 Å². The standard InChI is InChI=1S/C18H19N3O4/c1-11-9-14(12(2)25-11)18(3)16(23)21(17(24)20-18)10-15(22)19-13-7-5-4-6-8-13/h4-9H,10H2,1-3H3,(H,19,22)(H,20,24). The molecule has 2 N–H and O–H groups in total. The van der Waals surface area contributed by atoms with Gasteiger partial charge in [-0.3, -0.25) is 14.5 Å². The number of anilines is 1. The number of rotatable bonds is 4. The van der Waals surface area contributed by atoms with Crippen molar-refractivity contribution in [3.05, 3.63) is 53.5 Å². The van der Waals surface area contributed by atoms with Gasteiger partial charge < -0.3 is 15.1 Å². The van der Waals surface area contributed by atoms with Gasteiger partial charge >= 0.3 is 6.03 Å². The first kappa shape index (κ1) is 16.8. The van der Waals surface area contributed by atoms with E-state index in [0.29, 0.717) is 22.8 Å². The monoisotopic (exact) mass is 341 g/mol. The van der Waals surface area contributed by atoms with E-state index in [2.05, 4.69) is 10.6 Å². The van der Waals surface area contributed by atoms with Crippen LogP contribution in [-0.4, -0.2) is 29.3 Å². The number of nitrogens with one attached hydrogen (secondary N) is 2. The normalized spacial score (nSPS) is 19.9. The number of amides is 4. The van der Waals surface area contributed by atoms with Gasteiger partial charge in [0, 0.05) is 11.3 Å². The van der Waals surface area contributed by atoms with Gasteiger partial charge in [0.05, 0.1) is 0 Å². The summed E-state index contributed by atoms with van der Waals surface area (Å²) in [5, 5.41) is 5.33. The van der Waals surface area contributed by atoms with Crippen molar-refractivity contribution in [2.24, 2.45) is 0 Å². The lowest BCUT2D eigenvalue weighted by Crippen LogP contribution is -2.42. The molecule has 7 heteroatoms. The molecule has 1 aliphatic rings. The molecule has 1 atom stereocenters. The Kier molecular flexibility index (Phi) is 4.08. The molecule has 0 spiro atoms. The summed E-state index contributed by atoms with van der Waals surface area (Å²) in [4.78, 5) is 38.2. The summed E-state index contributed by atoms with van der Waals surface area (Å²) >= 11 is 0. The third kappa shape index (κ3) is 3.00. The Morgan fingerprint density at radius 2 is 1.92 bits per heavy atom. The maximum absolute atomic E-state index is 12.8. The van der Waals surface area contributed by atoms with Crippen molar-refractivity contribution in [2.45, 2.75) is 26.3 Å². The number of carbonyl (C=O) groups excluding carboxylic acids is 3. The number of hydrogen-bond donors (Lipinski definition) is 2. The lowest BCUT2D eigenvalue weighted by molar-refractivity contribution is -0.133. The summed E-state index contributed by atoms with van der Waals surface area (Å²) in [6.07, 6.45) is 0. The van der Waals surface area contributed by atoms with Crippen LogP contribution in [0.5, 0.6) is 0 Å². The quantitative estimate of drug-likeness (QED) is 0.835. The lowest BCUT2D eigenvalue weighted by Gasteiger charge is -2.21. The first-order chi connectivity index (χ1) is 11.8. The van der Waals surface area contributed by atoms with Crippen molar-refractivity contribution in [1.29, 1.82) is 0 Å². The van der Waals surface area contributed by atoms with E-state index in [1.54, 1.807) is 51.1 Å². The highest BCUT2D eigenvalue weighted by Gasteiger charge is 2.51. The fraction of sp³-hybridized carbons (Fsp3) is 0.278. The third-order valence-corrected chi connectivity index (χ3v) is 4.21. The second-order valence-corrected chi connectivity index (χ2v) is 6.19. The molecule has 0 radical (unpaired) electrons. The predicted molar refractivity (Wildman–Crippen MR) is 90.9 cm³/mol. The van der Waals surface area contributed by atoms with Crippen LogP contribution in [0.15, 0.2) is 40.8 Å². The predicted octanol–water partition coefficient (Wildman–Crippen LogP) is 2.30. The largest absolute Gasteiger partial charge is 0.466 e. The van der Waals surface area contributed by atoms with Gasteiger partial charge in [-0.2, -0.15) is 0 Å². The van der Waals surface area contributed by atoms with Crippen LogP contribution in [0.1, 0.15) is 24.0 Å². The second-order valence-electron chi connectivity index (χ2n) is 6.19. The number of carbonyl (C=O) groups is 3. The SMILES string of the molecule is Cc1cc(C2(C)NC(=O)N(CC(=O)Nc3ccccc3)C2=O)c(C)o1. The van der Waals surface area contributed by atoms with E-state index in [9.17, 15) is 14.4 Å². The van der Waals surface area contributed by atoms with E-state index in [4.69, 9.17) is 4.42 Å². The summed E-state index contributed by atoms with van der Waals surface area (Å²) < 4.78 is 5.47. The van der Waals surface area contributed by atoms with Crippen molar-refractivity contribution >= 4 is 23.5 Å². The molecule has 25 heavy (non-hydrogen) atoms. The Hall–Kier alpha value is -3.09. The van der Waals surface area contributed by atoms with Crippen LogP contribution in [0.4, 0.5) is 10.5 Å². The van der Waals surface area contributed by atoms with Crippen LogP contribution in [0.3, 0.4) is 0 Å². The van der Waals surface area contributed by atoms with Gasteiger partial charge in [-0.1, -0.05) is 18.2 Å². The molecule has 2 aromatic rings. The van der Waals surface area contributed by atoms with Crippen molar-refractivity contribution in [2.75, 3.05) is 11.9 Å². The van der Waals surface area contributed by atoms with Gasteiger partial charge in [0.2, 0.25) is 5.91 Å². The zero-order valence-corrected chi connectivity index (χ0v) is 14.3. The van der Waals surface area contributed by atoms with Crippen LogP contribution in [-0.2, 0) is 15.1 Å². The first-order valence-corrected chi connectivity index (χ1v) is 7.88. The Morgan fingerprint density at radius 1 is 1.24 bits per heavy atom. The molecule has 0 bridgehead atoms. The highest BCUT2D eigenvalue weighted by molar-refractivity contribution is 6.10. The highest BCUT2D eigenvalue weighted by atomic mass is 16.3. The topological polar surface area (TPSA) is 91.7 Å². The van der Waals surface area contributed by atoms with Crippen molar-refractivity contribution in [3.63, 3.8) is 0 Å². The minimum Gasteiger partial charge on any atom is -0.466 e. The summed E-state index contributed by atoms with van der Waals surface area (Å²) in [6.45, 7) is 4.76. The summed E-state index contributed by atoms with van der Waals surface area (Å²) in [5.41, 5.74) is -0.0516. The molecule has 1 fully saturated rings. The molecule has 7 nitrogen and oxygen atoms in total. The van der Waals surface area contributed by atoms with Gasteiger partial charge in [-0.25, -0.2) is 4.79 Å². The van der Waals surface area contributed by atoms with Gasteiger partial charge in [0.25, 0.3) is 5.91 Å². The molecule has 1 unspecified atom stereocenters. The smallest absolute Gasteiger partial charge is 0.325 e. The minimum atomic E-state index is -1.24. The fourth-order valence-corrected chi connectivity index (χ4v) is 3.02. The Morgan fingerprint density at radius 3 is 2.52 bits per heavy atom. The van der Waals surface area contributed by atoms with E-state index in [0.717, 1.165) is 4.90 Å². The number of furan rings is 1. The molecule has 1 aliphatic heterocycles. The number of nitrogens with zero attached hydrogens (tertiary/aromatic N) is 1. The molecule has 0 aliphatic carbocycles. The molecule has 0 saturated carbocycles. The summed E-state index contributed by atoms with van der Waals surface area (Å²) in [7, 11) is 0. The number of benzene rings is 1. The molecule has 1 saturated heterocycles. The molecule has 130 valence electrons. The van der Waals surface area contributed by atoms with Crippen LogP contribution >= 0.6 is 0 Å². The molecule has 2 heterocycles. The van der Waals surface area contributed by atoms with E-state index >= 15 is 0 Å². The number of aryl methyl sites for hydroxylation is 2. The van der Waals surface area contributed by atoms with Crippen molar-refractivity contribution < 1.29 is 18.8 Å². The van der Waals surface area contributed by atoms with Gasteiger partial charge in [0.1, 0.15) is 23.6 Å². The fourth-order valence-electron chi connectivity index (χ4n) is 3.02. The lowest BCUT2D eigenvalue weighted by atomic mass is 9.92. The first-order valence-electron chi connectivity index (χ1n) is 7.88. The van der Waals surface area contributed by atoms with E-state index < -0.39 is 23.4 Å². The molecular formula is C18H19N3O4. The van der Waals surface area contributed by atoms with Crippen LogP contribution in [0.2, 0.25) is 0 Å². The summed E-state index contributed by atoms with van der Waals surface area (Å²) in [6, 6.07) is 9.97. The molecule has 4 amide bonds.